The maximum absolute atomic E-state index is 10.5. The highest BCUT2D eigenvalue weighted by atomic mass is 31.2. The molecule has 0 heterocycles. The third-order valence-electron chi connectivity index (χ3n) is 1.15. The van der Waals surface area contributed by atoms with Crippen molar-refractivity contribution in [1.29, 1.82) is 0 Å². The fourth-order valence-corrected chi connectivity index (χ4v) is 1.21. The molecule has 12 heavy (non-hydrogen) atoms. The summed E-state index contributed by atoms with van der Waals surface area (Å²) in [5, 5.41) is 9.25. The Hall–Kier alpha value is -0.640. The molecule has 0 rings (SSSR count). The monoisotopic (exact) mass is 193 g/mol. The summed E-state index contributed by atoms with van der Waals surface area (Å²) in [6, 6.07) is 0. The predicted octanol–water partition coefficient (Wildman–Crippen LogP) is -0.402. The highest BCUT2D eigenvalue weighted by Crippen LogP contribution is 2.44. The van der Waals surface area contributed by atoms with Crippen LogP contribution in [0, 0.1) is 0 Å². The number of rotatable bonds is 4. The van der Waals surface area contributed by atoms with Crippen molar-refractivity contribution < 1.29 is 24.3 Å². The van der Waals surface area contributed by atoms with Crippen molar-refractivity contribution in [3.8, 4) is 0 Å². The van der Waals surface area contributed by atoms with Gasteiger partial charge in [-0.3, -0.25) is 4.57 Å². The zero-order valence-electron chi connectivity index (χ0n) is 6.56. The number of hydrogen-bond donors (Lipinski definition) is 2. The molecule has 70 valence electrons. The van der Waals surface area contributed by atoms with Crippen LogP contribution in [0.4, 0.5) is 0 Å². The summed E-state index contributed by atoms with van der Waals surface area (Å²) in [6.07, 6.45) is 1.93. The Balaban J connectivity index is 4.68. The molecule has 0 spiro atoms. The van der Waals surface area contributed by atoms with Crippen molar-refractivity contribution in [3.63, 3.8) is 0 Å². The SMILES string of the molecule is CCC/C=C(\C(=O)[O-])P(=O)(O)O. The Morgan fingerprint density at radius 3 is 2.33 bits per heavy atom. The number of carboxylic acid groups (broad SMARTS) is 1. The van der Waals surface area contributed by atoms with Gasteiger partial charge in [0.1, 0.15) is 0 Å². The van der Waals surface area contributed by atoms with E-state index in [9.17, 15) is 14.5 Å². The van der Waals surface area contributed by atoms with Crippen molar-refractivity contribution >= 4 is 13.6 Å². The Labute approximate surface area is 69.9 Å². The number of allylic oxidation sites excluding steroid dienone is 1. The number of aliphatic carboxylic acids is 1. The Morgan fingerprint density at radius 1 is 1.58 bits per heavy atom. The quantitative estimate of drug-likeness (QED) is 0.467. The molecule has 0 atom stereocenters. The maximum atomic E-state index is 10.5. The standard InChI is InChI=1S/C6H11O5P/c1-2-3-4-5(6(7)8)12(9,10)11/h4H,2-3H2,1H3,(H,7,8)(H2,9,10,11)/p-1/b5-4+. The summed E-state index contributed by atoms with van der Waals surface area (Å²) in [5.74, 6) is -1.81. The molecule has 0 aliphatic heterocycles. The van der Waals surface area contributed by atoms with E-state index in [0.29, 0.717) is 12.8 Å². The second kappa shape index (κ2) is 4.40. The van der Waals surface area contributed by atoms with E-state index in [0.717, 1.165) is 6.08 Å². The lowest BCUT2D eigenvalue weighted by molar-refractivity contribution is -0.298. The lowest BCUT2D eigenvalue weighted by Crippen LogP contribution is -2.24. The molecule has 2 N–H and O–H groups in total. The molecule has 0 fully saturated rings. The number of hydrogen-bond acceptors (Lipinski definition) is 3. The number of carbonyl (C=O) groups is 1. The minimum atomic E-state index is -4.66. The average molecular weight is 193 g/mol. The van der Waals surface area contributed by atoms with Crippen molar-refractivity contribution in [2.45, 2.75) is 19.8 Å². The number of carboxylic acids is 1. The van der Waals surface area contributed by atoms with Crippen LogP contribution >= 0.6 is 7.60 Å². The fourth-order valence-electron chi connectivity index (χ4n) is 0.602. The fraction of sp³-hybridized carbons (Fsp3) is 0.500. The van der Waals surface area contributed by atoms with E-state index < -0.39 is 18.9 Å². The van der Waals surface area contributed by atoms with E-state index in [1.54, 1.807) is 6.92 Å². The highest BCUT2D eigenvalue weighted by molar-refractivity contribution is 7.57. The second-order valence-corrected chi connectivity index (χ2v) is 3.78. The first-order valence-electron chi connectivity index (χ1n) is 3.37. The van der Waals surface area contributed by atoms with Gasteiger partial charge in [-0.05, 0) is 6.42 Å². The van der Waals surface area contributed by atoms with Crippen molar-refractivity contribution in [3.05, 3.63) is 11.4 Å². The van der Waals surface area contributed by atoms with Gasteiger partial charge in [0.05, 0.1) is 11.3 Å². The Bertz CT molecular complexity index is 238. The first-order valence-corrected chi connectivity index (χ1v) is 4.98. The van der Waals surface area contributed by atoms with Gasteiger partial charge in [-0.2, -0.15) is 0 Å². The largest absolute Gasteiger partial charge is 0.544 e. The minimum absolute atomic E-state index is 0.314. The molecule has 0 unspecified atom stereocenters. The average Bonchev–Trinajstić information content (AvgIpc) is 1.84. The molecule has 6 heteroatoms. The summed E-state index contributed by atoms with van der Waals surface area (Å²) in [7, 11) is -4.66. The molecular formula is C6H10O5P-. The molecule has 0 saturated heterocycles. The normalized spacial score (nSPS) is 13.1. The number of carbonyl (C=O) groups excluding carboxylic acids is 1. The molecule has 5 nitrogen and oxygen atoms in total. The molecule has 0 aromatic rings. The Morgan fingerprint density at radius 2 is 2.08 bits per heavy atom. The van der Waals surface area contributed by atoms with Crippen molar-refractivity contribution in [1.82, 2.24) is 0 Å². The van der Waals surface area contributed by atoms with E-state index in [2.05, 4.69) is 0 Å². The van der Waals surface area contributed by atoms with Gasteiger partial charge >= 0.3 is 7.60 Å². The molecule has 0 radical (unpaired) electrons. The Kier molecular flexibility index (Phi) is 4.17. The summed E-state index contributed by atoms with van der Waals surface area (Å²) in [6.45, 7) is 1.77. The van der Waals surface area contributed by atoms with Crippen LogP contribution in [0.2, 0.25) is 0 Å². The van der Waals surface area contributed by atoms with Crippen LogP contribution in [0.3, 0.4) is 0 Å². The van der Waals surface area contributed by atoms with Crippen molar-refractivity contribution in [2.75, 3.05) is 0 Å². The molecule has 0 aromatic heterocycles. The van der Waals surface area contributed by atoms with Gasteiger partial charge in [0.25, 0.3) is 0 Å². The molecule has 0 aliphatic rings. The molecule has 0 saturated carbocycles. The third kappa shape index (κ3) is 3.67. The van der Waals surface area contributed by atoms with Gasteiger partial charge in [0.15, 0.2) is 0 Å². The maximum Gasteiger partial charge on any atom is 0.357 e. The predicted molar refractivity (Wildman–Crippen MR) is 40.0 cm³/mol. The van der Waals surface area contributed by atoms with Gasteiger partial charge in [0, 0.05) is 0 Å². The van der Waals surface area contributed by atoms with E-state index >= 15 is 0 Å². The van der Waals surface area contributed by atoms with Gasteiger partial charge in [-0.15, -0.1) is 0 Å². The molecule has 0 aromatic carbocycles. The lowest BCUT2D eigenvalue weighted by Gasteiger charge is -2.09. The highest BCUT2D eigenvalue weighted by Gasteiger charge is 2.20. The third-order valence-corrected chi connectivity index (χ3v) is 2.14. The smallest absolute Gasteiger partial charge is 0.357 e. The van der Waals surface area contributed by atoms with Crippen LogP contribution in [-0.4, -0.2) is 15.8 Å². The van der Waals surface area contributed by atoms with Gasteiger partial charge in [-0.1, -0.05) is 19.4 Å². The number of unbranched alkanes of at least 4 members (excludes halogenated alkanes) is 1. The van der Waals surface area contributed by atoms with Gasteiger partial charge < -0.3 is 19.7 Å². The summed E-state index contributed by atoms with van der Waals surface area (Å²) in [5.41, 5.74) is 0. The zero-order valence-corrected chi connectivity index (χ0v) is 7.45. The van der Waals surface area contributed by atoms with E-state index in [4.69, 9.17) is 9.79 Å². The van der Waals surface area contributed by atoms with Crippen LogP contribution in [0.25, 0.3) is 0 Å². The van der Waals surface area contributed by atoms with Crippen LogP contribution in [0.1, 0.15) is 19.8 Å². The molecule has 0 amide bonds. The van der Waals surface area contributed by atoms with E-state index in [-0.39, 0.29) is 0 Å². The zero-order chi connectivity index (χ0) is 9.78. The van der Waals surface area contributed by atoms with E-state index in [1.165, 1.54) is 0 Å². The summed E-state index contributed by atoms with van der Waals surface area (Å²) < 4.78 is 10.5. The summed E-state index contributed by atoms with van der Waals surface area (Å²) >= 11 is 0. The first-order chi connectivity index (χ1) is 5.39. The molecule has 0 bridgehead atoms. The van der Waals surface area contributed by atoms with Crippen molar-refractivity contribution in [2.24, 2.45) is 0 Å². The van der Waals surface area contributed by atoms with E-state index in [1.807, 2.05) is 0 Å². The summed E-state index contributed by atoms with van der Waals surface area (Å²) in [4.78, 5) is 27.2. The topological polar surface area (TPSA) is 97.7 Å². The molecular weight excluding hydrogens is 183 g/mol. The van der Waals surface area contributed by atoms with Gasteiger partial charge in [0.2, 0.25) is 0 Å². The van der Waals surface area contributed by atoms with Gasteiger partial charge in [-0.25, -0.2) is 0 Å². The minimum Gasteiger partial charge on any atom is -0.544 e. The molecule has 0 aliphatic carbocycles. The first kappa shape index (κ1) is 11.4. The van der Waals surface area contributed by atoms with Crippen LogP contribution in [0.15, 0.2) is 11.4 Å². The van der Waals surface area contributed by atoms with Crippen LogP contribution in [0.5, 0.6) is 0 Å². The second-order valence-electron chi connectivity index (χ2n) is 2.21. The van der Waals surface area contributed by atoms with Crippen LogP contribution in [-0.2, 0) is 9.36 Å². The lowest BCUT2D eigenvalue weighted by atomic mass is 10.3. The van der Waals surface area contributed by atoms with Crippen LogP contribution < -0.4 is 5.11 Å².